The lowest BCUT2D eigenvalue weighted by atomic mass is 10.2. The molecule has 0 unspecified atom stereocenters. The molecule has 0 aliphatic rings. The van der Waals surface area contributed by atoms with Gasteiger partial charge in [-0.15, -0.1) is 0 Å². The highest BCUT2D eigenvalue weighted by molar-refractivity contribution is 6.05. The number of benzene rings is 2. The second kappa shape index (κ2) is 3.62. The molecule has 0 amide bonds. The molecule has 0 bridgehead atoms. The van der Waals surface area contributed by atoms with Crippen LogP contribution in [0.25, 0.3) is 33.1 Å². The highest BCUT2D eigenvalue weighted by Gasteiger charge is 2.08. The maximum Gasteiger partial charge on any atom is 0.157 e. The predicted octanol–water partition coefficient (Wildman–Crippen LogP) is 3.08. The number of hydrogen-bond donors (Lipinski definition) is 1. The molecule has 2 aromatic heterocycles. The molecule has 4 nitrogen and oxygen atoms in total. The first-order chi connectivity index (χ1) is 9.35. The van der Waals surface area contributed by atoms with Crippen molar-refractivity contribution in [2.75, 3.05) is 0 Å². The van der Waals surface area contributed by atoms with Crippen LogP contribution in [0.5, 0.6) is 0 Å². The lowest BCUT2D eigenvalue weighted by molar-refractivity contribution is 0.112. The molecule has 0 atom stereocenters. The fraction of sp³-hybridized carbons (Fsp3) is 0. The largest absolute Gasteiger partial charge is 0.338 e. The number of fused-ring (bicyclic) bond motifs is 4. The molecular formula is C15H9N3O. The molecule has 2 aromatic carbocycles. The number of carbonyl (C=O) groups excluding carboxylic acids is 1. The van der Waals surface area contributed by atoms with E-state index in [1.54, 1.807) is 12.1 Å². The number of aromatic amines is 1. The Morgan fingerprint density at radius 3 is 2.79 bits per heavy atom. The number of hydrogen-bond acceptors (Lipinski definition) is 3. The molecule has 0 saturated carbocycles. The van der Waals surface area contributed by atoms with Crippen LogP contribution in [0.15, 0.2) is 42.5 Å². The minimum absolute atomic E-state index is 0.609. The van der Waals surface area contributed by atoms with Gasteiger partial charge in [0, 0.05) is 16.5 Å². The SMILES string of the molecule is O=Cc1ccc2nc3c(nc2c1)[nH]c1ccccc13. The zero-order valence-electron chi connectivity index (χ0n) is 9.92. The van der Waals surface area contributed by atoms with Crippen LogP contribution in [0.2, 0.25) is 0 Å². The van der Waals surface area contributed by atoms with E-state index in [1.807, 2.05) is 30.3 Å². The zero-order chi connectivity index (χ0) is 12.8. The van der Waals surface area contributed by atoms with Gasteiger partial charge in [0.05, 0.1) is 11.0 Å². The molecule has 0 fully saturated rings. The van der Waals surface area contributed by atoms with Gasteiger partial charge in [-0.25, -0.2) is 9.97 Å². The lowest BCUT2D eigenvalue weighted by Crippen LogP contribution is -1.88. The topological polar surface area (TPSA) is 58.6 Å². The Hall–Kier alpha value is -2.75. The number of aldehydes is 1. The molecule has 1 N–H and O–H groups in total. The first-order valence-electron chi connectivity index (χ1n) is 5.98. The predicted molar refractivity (Wildman–Crippen MR) is 74.3 cm³/mol. The van der Waals surface area contributed by atoms with Gasteiger partial charge in [0.2, 0.25) is 0 Å². The standard InChI is InChI=1S/C15H9N3O/c19-8-9-5-6-12-13(7-9)18-15-14(16-12)10-3-1-2-4-11(10)17-15/h1-8H,(H,17,18). The van der Waals surface area contributed by atoms with Crippen molar-refractivity contribution in [2.45, 2.75) is 0 Å². The van der Waals surface area contributed by atoms with Crippen LogP contribution in [-0.2, 0) is 0 Å². The van der Waals surface area contributed by atoms with Crippen LogP contribution in [0, 0.1) is 0 Å². The molecule has 0 saturated heterocycles. The molecule has 0 radical (unpaired) electrons. The molecule has 19 heavy (non-hydrogen) atoms. The molecule has 0 aliphatic heterocycles. The highest BCUT2D eigenvalue weighted by Crippen LogP contribution is 2.24. The van der Waals surface area contributed by atoms with Crippen LogP contribution in [0.1, 0.15) is 10.4 Å². The summed E-state index contributed by atoms with van der Waals surface area (Å²) in [6.45, 7) is 0. The summed E-state index contributed by atoms with van der Waals surface area (Å²) in [5.74, 6) is 0. The van der Waals surface area contributed by atoms with E-state index in [0.29, 0.717) is 5.56 Å². The van der Waals surface area contributed by atoms with Crippen molar-refractivity contribution < 1.29 is 4.79 Å². The molecule has 4 rings (SSSR count). The van der Waals surface area contributed by atoms with E-state index in [0.717, 1.165) is 39.4 Å². The summed E-state index contributed by atoms with van der Waals surface area (Å²) in [7, 11) is 0. The van der Waals surface area contributed by atoms with E-state index < -0.39 is 0 Å². The normalized spacial score (nSPS) is 11.4. The van der Waals surface area contributed by atoms with Gasteiger partial charge in [-0.05, 0) is 24.3 Å². The maximum atomic E-state index is 10.8. The van der Waals surface area contributed by atoms with Gasteiger partial charge in [0.1, 0.15) is 11.8 Å². The van der Waals surface area contributed by atoms with Gasteiger partial charge in [-0.3, -0.25) is 4.79 Å². The third-order valence-electron chi connectivity index (χ3n) is 3.26. The summed E-state index contributed by atoms with van der Waals surface area (Å²) in [5.41, 5.74) is 4.76. The fourth-order valence-corrected chi connectivity index (χ4v) is 2.35. The number of nitrogens with one attached hydrogen (secondary N) is 1. The summed E-state index contributed by atoms with van der Waals surface area (Å²) < 4.78 is 0. The average molecular weight is 247 g/mol. The van der Waals surface area contributed by atoms with Crippen molar-refractivity contribution in [3.63, 3.8) is 0 Å². The second-order valence-corrected chi connectivity index (χ2v) is 4.46. The minimum atomic E-state index is 0.609. The monoisotopic (exact) mass is 247 g/mol. The van der Waals surface area contributed by atoms with Crippen LogP contribution >= 0.6 is 0 Å². The smallest absolute Gasteiger partial charge is 0.157 e. The van der Waals surface area contributed by atoms with Gasteiger partial charge in [-0.2, -0.15) is 0 Å². The summed E-state index contributed by atoms with van der Waals surface area (Å²) in [6.07, 6.45) is 0.816. The molecule has 90 valence electrons. The number of H-pyrrole nitrogens is 1. The number of para-hydroxylation sites is 1. The molecular weight excluding hydrogens is 238 g/mol. The summed E-state index contributed by atoms with van der Waals surface area (Å²) >= 11 is 0. The maximum absolute atomic E-state index is 10.8. The van der Waals surface area contributed by atoms with Crippen molar-refractivity contribution in [3.8, 4) is 0 Å². The Labute approximate surface area is 108 Å². The average Bonchev–Trinajstić information content (AvgIpc) is 2.81. The quantitative estimate of drug-likeness (QED) is 0.526. The van der Waals surface area contributed by atoms with E-state index in [1.165, 1.54) is 0 Å². The molecule has 2 heterocycles. The summed E-state index contributed by atoms with van der Waals surface area (Å²) in [6, 6.07) is 13.3. The summed E-state index contributed by atoms with van der Waals surface area (Å²) in [4.78, 5) is 23.2. The molecule has 4 heteroatoms. The number of rotatable bonds is 1. The Morgan fingerprint density at radius 1 is 1.00 bits per heavy atom. The molecule has 0 spiro atoms. The Morgan fingerprint density at radius 2 is 1.89 bits per heavy atom. The Kier molecular flexibility index (Phi) is 1.94. The Bertz CT molecular complexity index is 940. The van der Waals surface area contributed by atoms with Crippen molar-refractivity contribution in [1.29, 1.82) is 0 Å². The third kappa shape index (κ3) is 1.43. The number of nitrogens with zero attached hydrogens (tertiary/aromatic N) is 2. The van der Waals surface area contributed by atoms with Gasteiger partial charge in [0.15, 0.2) is 5.65 Å². The van der Waals surface area contributed by atoms with E-state index in [-0.39, 0.29) is 0 Å². The van der Waals surface area contributed by atoms with Gasteiger partial charge in [-0.1, -0.05) is 18.2 Å². The first-order valence-corrected chi connectivity index (χ1v) is 5.98. The minimum Gasteiger partial charge on any atom is -0.338 e. The van der Waals surface area contributed by atoms with Crippen LogP contribution in [-0.4, -0.2) is 21.2 Å². The first kappa shape index (κ1) is 10.2. The van der Waals surface area contributed by atoms with E-state index in [4.69, 9.17) is 0 Å². The summed E-state index contributed by atoms with van der Waals surface area (Å²) in [5, 5.41) is 1.06. The van der Waals surface area contributed by atoms with Crippen LogP contribution < -0.4 is 0 Å². The van der Waals surface area contributed by atoms with Crippen molar-refractivity contribution in [1.82, 2.24) is 15.0 Å². The zero-order valence-corrected chi connectivity index (χ0v) is 9.92. The third-order valence-corrected chi connectivity index (χ3v) is 3.26. The van der Waals surface area contributed by atoms with Crippen LogP contribution in [0.3, 0.4) is 0 Å². The van der Waals surface area contributed by atoms with Crippen LogP contribution in [0.4, 0.5) is 0 Å². The highest BCUT2D eigenvalue weighted by atomic mass is 16.1. The van der Waals surface area contributed by atoms with E-state index >= 15 is 0 Å². The fourth-order valence-electron chi connectivity index (χ4n) is 2.35. The van der Waals surface area contributed by atoms with Crippen molar-refractivity contribution in [2.24, 2.45) is 0 Å². The lowest BCUT2D eigenvalue weighted by Gasteiger charge is -1.98. The molecule has 4 aromatic rings. The van der Waals surface area contributed by atoms with E-state index in [2.05, 4.69) is 15.0 Å². The number of aromatic nitrogens is 3. The van der Waals surface area contributed by atoms with Gasteiger partial charge < -0.3 is 4.98 Å². The van der Waals surface area contributed by atoms with Gasteiger partial charge >= 0.3 is 0 Å². The van der Waals surface area contributed by atoms with Crippen molar-refractivity contribution in [3.05, 3.63) is 48.0 Å². The second-order valence-electron chi connectivity index (χ2n) is 4.46. The van der Waals surface area contributed by atoms with Crippen molar-refractivity contribution >= 4 is 39.4 Å². The number of carbonyl (C=O) groups is 1. The molecule has 0 aliphatic carbocycles. The Balaban J connectivity index is 2.17. The van der Waals surface area contributed by atoms with E-state index in [9.17, 15) is 4.79 Å². The van der Waals surface area contributed by atoms with Gasteiger partial charge in [0.25, 0.3) is 0 Å².